The average Bonchev–Trinajstić information content (AvgIpc) is 2.50. The first-order chi connectivity index (χ1) is 11.5. The summed E-state index contributed by atoms with van der Waals surface area (Å²) < 4.78 is 38.1. The Labute approximate surface area is 148 Å². The number of nitrogens with zero attached hydrogens (tertiary/aromatic N) is 1. The fraction of sp³-hybridized carbons (Fsp3) is 0.882. The van der Waals surface area contributed by atoms with Crippen LogP contribution < -0.4 is 16.0 Å². The Morgan fingerprint density at radius 2 is 1.68 bits per heavy atom. The molecule has 146 valence electrons. The summed E-state index contributed by atoms with van der Waals surface area (Å²) in [6, 6.07) is 0.000524. The van der Waals surface area contributed by atoms with Crippen molar-refractivity contribution >= 4 is 11.9 Å². The van der Waals surface area contributed by atoms with Gasteiger partial charge in [-0.3, -0.25) is 9.79 Å². The number of nitrogens with one attached hydrogen (secondary N) is 3. The molecule has 1 fully saturated rings. The highest BCUT2D eigenvalue weighted by Gasteiger charge is 2.41. The van der Waals surface area contributed by atoms with Gasteiger partial charge in [0.1, 0.15) is 0 Å². The molecule has 1 amide bonds. The second-order valence-electron chi connectivity index (χ2n) is 7.50. The topological polar surface area (TPSA) is 65.5 Å². The molecule has 1 saturated carbocycles. The number of carbonyl (C=O) groups is 1. The standard InChI is InChI=1S/C17H31F3N4O/c1-5-21-15(23-11-10-22-14(25)16(2,3)4)24-13-8-6-12(7-9-13)17(18,19)20/h12-13H,5-11H2,1-4H3,(H,22,25)(H2,21,23,24). The van der Waals surface area contributed by atoms with Crippen molar-refractivity contribution in [3.05, 3.63) is 0 Å². The molecular weight excluding hydrogens is 333 g/mol. The normalized spacial score (nSPS) is 22.4. The zero-order chi connectivity index (χ0) is 19.1. The molecule has 3 N–H and O–H groups in total. The van der Waals surface area contributed by atoms with Crippen molar-refractivity contribution in [1.29, 1.82) is 0 Å². The average molecular weight is 364 g/mol. The van der Waals surface area contributed by atoms with E-state index in [0.717, 1.165) is 0 Å². The second-order valence-corrected chi connectivity index (χ2v) is 7.50. The molecule has 0 aromatic rings. The molecule has 0 saturated heterocycles. The molecule has 0 aromatic heterocycles. The Morgan fingerprint density at radius 3 is 2.16 bits per heavy atom. The minimum absolute atomic E-state index is 0.000524. The quantitative estimate of drug-likeness (QED) is 0.399. The van der Waals surface area contributed by atoms with Crippen LogP contribution in [0.3, 0.4) is 0 Å². The summed E-state index contributed by atoms with van der Waals surface area (Å²) in [7, 11) is 0. The molecule has 1 rings (SSSR count). The summed E-state index contributed by atoms with van der Waals surface area (Å²) in [5, 5.41) is 9.12. The van der Waals surface area contributed by atoms with E-state index in [9.17, 15) is 18.0 Å². The number of alkyl halides is 3. The van der Waals surface area contributed by atoms with Gasteiger partial charge in [0.2, 0.25) is 5.91 Å². The third kappa shape index (κ3) is 7.96. The van der Waals surface area contributed by atoms with Gasteiger partial charge in [-0.15, -0.1) is 0 Å². The van der Waals surface area contributed by atoms with Crippen LogP contribution in [0.1, 0.15) is 53.4 Å². The molecule has 0 heterocycles. The molecule has 0 aromatic carbocycles. The lowest BCUT2D eigenvalue weighted by Crippen LogP contribution is -2.46. The number of aliphatic imine (C=N–C) groups is 1. The maximum Gasteiger partial charge on any atom is 0.391 e. The number of carbonyl (C=O) groups excluding carboxylic acids is 1. The number of halogens is 3. The third-order valence-electron chi connectivity index (χ3n) is 4.22. The molecule has 25 heavy (non-hydrogen) atoms. The predicted octanol–water partition coefficient (Wildman–Crippen LogP) is 2.82. The Bertz CT molecular complexity index is 450. The highest BCUT2D eigenvalue weighted by Crippen LogP contribution is 2.37. The first kappa shape index (κ1) is 21.6. The molecule has 0 aliphatic heterocycles. The zero-order valence-corrected chi connectivity index (χ0v) is 15.6. The van der Waals surface area contributed by atoms with Gasteiger partial charge in [0.15, 0.2) is 5.96 Å². The molecule has 0 radical (unpaired) electrons. The van der Waals surface area contributed by atoms with E-state index < -0.39 is 17.5 Å². The van der Waals surface area contributed by atoms with Gasteiger partial charge in [0.25, 0.3) is 0 Å². The van der Waals surface area contributed by atoms with Crippen LogP contribution in [-0.2, 0) is 4.79 Å². The second kappa shape index (κ2) is 9.29. The highest BCUT2D eigenvalue weighted by atomic mass is 19.4. The van der Waals surface area contributed by atoms with Crippen molar-refractivity contribution in [2.75, 3.05) is 19.6 Å². The first-order valence-corrected chi connectivity index (χ1v) is 8.94. The van der Waals surface area contributed by atoms with Gasteiger partial charge in [0.05, 0.1) is 12.5 Å². The molecule has 0 spiro atoms. The lowest BCUT2D eigenvalue weighted by atomic mass is 9.85. The van der Waals surface area contributed by atoms with Crippen molar-refractivity contribution in [3.8, 4) is 0 Å². The van der Waals surface area contributed by atoms with Gasteiger partial charge >= 0.3 is 6.18 Å². The molecule has 0 bridgehead atoms. The minimum Gasteiger partial charge on any atom is -0.357 e. The van der Waals surface area contributed by atoms with E-state index in [1.807, 2.05) is 27.7 Å². The van der Waals surface area contributed by atoms with Gasteiger partial charge in [0, 0.05) is 24.5 Å². The first-order valence-electron chi connectivity index (χ1n) is 8.94. The largest absolute Gasteiger partial charge is 0.391 e. The van der Waals surface area contributed by atoms with E-state index >= 15 is 0 Å². The molecule has 0 atom stereocenters. The van der Waals surface area contributed by atoms with E-state index in [1.54, 1.807) is 0 Å². The summed E-state index contributed by atoms with van der Waals surface area (Å²) >= 11 is 0. The Hall–Kier alpha value is -1.47. The van der Waals surface area contributed by atoms with E-state index in [-0.39, 0.29) is 24.8 Å². The lowest BCUT2D eigenvalue weighted by Gasteiger charge is -2.31. The lowest BCUT2D eigenvalue weighted by molar-refractivity contribution is -0.182. The molecule has 1 aliphatic rings. The van der Waals surface area contributed by atoms with Crippen LogP contribution in [0.4, 0.5) is 13.2 Å². The van der Waals surface area contributed by atoms with Crippen LogP contribution in [-0.4, -0.2) is 43.7 Å². The van der Waals surface area contributed by atoms with Crippen molar-refractivity contribution in [2.45, 2.75) is 65.6 Å². The fourth-order valence-electron chi connectivity index (χ4n) is 2.68. The molecular formula is C17H31F3N4O. The van der Waals surface area contributed by atoms with Crippen molar-refractivity contribution in [1.82, 2.24) is 16.0 Å². The fourth-order valence-corrected chi connectivity index (χ4v) is 2.68. The molecule has 0 unspecified atom stereocenters. The summed E-state index contributed by atoms with van der Waals surface area (Å²) in [6.45, 7) is 8.96. The minimum atomic E-state index is -4.09. The van der Waals surface area contributed by atoms with Crippen molar-refractivity contribution in [3.63, 3.8) is 0 Å². The van der Waals surface area contributed by atoms with Crippen LogP contribution >= 0.6 is 0 Å². The summed E-state index contributed by atoms with van der Waals surface area (Å²) in [4.78, 5) is 16.2. The SMILES string of the molecule is CCNC(=NCCNC(=O)C(C)(C)C)NC1CCC(C(F)(F)F)CC1. The van der Waals surface area contributed by atoms with Crippen LogP contribution in [0.5, 0.6) is 0 Å². The van der Waals surface area contributed by atoms with E-state index in [1.165, 1.54) is 0 Å². The van der Waals surface area contributed by atoms with Crippen LogP contribution in [0.2, 0.25) is 0 Å². The highest BCUT2D eigenvalue weighted by molar-refractivity contribution is 5.81. The Balaban J connectivity index is 2.43. The third-order valence-corrected chi connectivity index (χ3v) is 4.22. The van der Waals surface area contributed by atoms with Gasteiger partial charge < -0.3 is 16.0 Å². The Morgan fingerprint density at radius 1 is 1.08 bits per heavy atom. The van der Waals surface area contributed by atoms with Crippen LogP contribution in [0.25, 0.3) is 0 Å². The molecule has 1 aliphatic carbocycles. The number of hydrogen-bond donors (Lipinski definition) is 3. The monoisotopic (exact) mass is 364 g/mol. The van der Waals surface area contributed by atoms with Gasteiger partial charge in [-0.2, -0.15) is 13.2 Å². The van der Waals surface area contributed by atoms with Gasteiger partial charge in [-0.05, 0) is 32.6 Å². The molecule has 5 nitrogen and oxygen atoms in total. The smallest absolute Gasteiger partial charge is 0.357 e. The molecule has 8 heteroatoms. The Kier molecular flexibility index (Phi) is 8.02. The van der Waals surface area contributed by atoms with E-state index in [0.29, 0.717) is 38.4 Å². The maximum absolute atomic E-state index is 12.7. The van der Waals surface area contributed by atoms with Crippen molar-refractivity contribution < 1.29 is 18.0 Å². The maximum atomic E-state index is 12.7. The number of rotatable bonds is 5. The van der Waals surface area contributed by atoms with Gasteiger partial charge in [-0.25, -0.2) is 0 Å². The number of guanidine groups is 1. The summed E-state index contributed by atoms with van der Waals surface area (Å²) in [6.07, 6.45) is -2.82. The van der Waals surface area contributed by atoms with E-state index in [2.05, 4.69) is 20.9 Å². The zero-order valence-electron chi connectivity index (χ0n) is 15.6. The van der Waals surface area contributed by atoms with Gasteiger partial charge in [-0.1, -0.05) is 20.8 Å². The van der Waals surface area contributed by atoms with Crippen LogP contribution in [0, 0.1) is 11.3 Å². The number of hydrogen-bond acceptors (Lipinski definition) is 2. The van der Waals surface area contributed by atoms with Crippen molar-refractivity contribution in [2.24, 2.45) is 16.3 Å². The number of amides is 1. The summed E-state index contributed by atoms with van der Waals surface area (Å²) in [5.74, 6) is -0.633. The van der Waals surface area contributed by atoms with E-state index in [4.69, 9.17) is 0 Å². The van der Waals surface area contributed by atoms with Crippen LogP contribution in [0.15, 0.2) is 4.99 Å². The summed E-state index contributed by atoms with van der Waals surface area (Å²) in [5.41, 5.74) is -0.441. The predicted molar refractivity (Wildman–Crippen MR) is 93.4 cm³/mol.